The molecule has 3 amide bonds. The molecule has 0 unspecified atom stereocenters. The molecule has 3 rings (SSSR count). The van der Waals surface area contributed by atoms with Gasteiger partial charge in [-0.25, -0.2) is 0 Å². The summed E-state index contributed by atoms with van der Waals surface area (Å²) in [4.78, 5) is 38.4. The lowest BCUT2D eigenvalue weighted by Gasteiger charge is -2.16. The minimum absolute atomic E-state index is 0.0814. The molecule has 132 valence electrons. The van der Waals surface area contributed by atoms with Crippen molar-refractivity contribution in [2.24, 2.45) is 0 Å². The van der Waals surface area contributed by atoms with Crippen LogP contribution in [-0.4, -0.2) is 36.3 Å². The summed E-state index contributed by atoms with van der Waals surface area (Å²) >= 11 is 0. The van der Waals surface area contributed by atoms with E-state index in [9.17, 15) is 14.4 Å². The molecule has 1 aliphatic rings. The third kappa shape index (κ3) is 3.09. The molecule has 1 aliphatic heterocycles. The Labute approximate surface area is 151 Å². The lowest BCUT2D eigenvalue weighted by molar-refractivity contribution is 0.0642. The second kappa shape index (κ2) is 7.23. The lowest BCUT2D eigenvalue weighted by atomic mass is 10.1. The van der Waals surface area contributed by atoms with E-state index in [0.717, 1.165) is 0 Å². The van der Waals surface area contributed by atoms with Gasteiger partial charge in [0, 0.05) is 6.54 Å². The third-order valence-electron chi connectivity index (χ3n) is 4.13. The fourth-order valence-electron chi connectivity index (χ4n) is 2.86. The summed E-state index contributed by atoms with van der Waals surface area (Å²) in [6, 6.07) is 11.7. The molecule has 2 aromatic rings. The smallest absolute Gasteiger partial charge is 0.261 e. The third-order valence-corrected chi connectivity index (χ3v) is 4.13. The summed E-state index contributed by atoms with van der Waals surface area (Å²) in [5.41, 5.74) is 1.79. The summed E-state index contributed by atoms with van der Waals surface area (Å²) in [6.45, 7) is 3.97. The number of imide groups is 1. The number of nitrogens with zero attached hydrogens (tertiary/aromatic N) is 1. The molecule has 6 heteroatoms. The summed E-state index contributed by atoms with van der Waals surface area (Å²) in [5.74, 6) is -0.568. The van der Waals surface area contributed by atoms with E-state index in [1.807, 2.05) is 0 Å². The van der Waals surface area contributed by atoms with Crippen molar-refractivity contribution >= 4 is 17.7 Å². The summed E-state index contributed by atoms with van der Waals surface area (Å²) in [5, 5.41) is 2.69. The van der Waals surface area contributed by atoms with Crippen LogP contribution in [0.5, 0.6) is 5.75 Å². The highest BCUT2D eigenvalue weighted by atomic mass is 16.5. The zero-order valence-electron chi connectivity index (χ0n) is 14.3. The van der Waals surface area contributed by atoms with Crippen LogP contribution < -0.4 is 10.1 Å². The van der Waals surface area contributed by atoms with Crippen molar-refractivity contribution in [3.63, 3.8) is 0 Å². The van der Waals surface area contributed by atoms with Gasteiger partial charge in [0.2, 0.25) is 0 Å². The molecule has 0 fully saturated rings. The minimum Gasteiger partial charge on any atom is -0.496 e. The van der Waals surface area contributed by atoms with Gasteiger partial charge in [-0.05, 0) is 29.8 Å². The first-order valence-corrected chi connectivity index (χ1v) is 8.08. The van der Waals surface area contributed by atoms with E-state index in [0.29, 0.717) is 34.5 Å². The van der Waals surface area contributed by atoms with Gasteiger partial charge in [-0.3, -0.25) is 19.3 Å². The number of rotatable bonds is 6. The van der Waals surface area contributed by atoms with E-state index in [1.165, 1.54) is 12.0 Å². The molecule has 0 radical (unpaired) electrons. The van der Waals surface area contributed by atoms with E-state index in [4.69, 9.17) is 4.74 Å². The number of amides is 3. The number of carbonyl (C=O) groups is 3. The predicted molar refractivity (Wildman–Crippen MR) is 96.2 cm³/mol. The Hall–Kier alpha value is -3.41. The number of carbonyl (C=O) groups excluding carboxylic acids is 3. The number of fused-ring (bicyclic) bond motifs is 1. The number of hydrogen-bond donors (Lipinski definition) is 1. The fourth-order valence-corrected chi connectivity index (χ4v) is 2.86. The van der Waals surface area contributed by atoms with Crippen molar-refractivity contribution in [3.05, 3.63) is 77.4 Å². The Morgan fingerprint density at radius 2 is 1.81 bits per heavy atom. The molecular formula is C20H18N2O4. The first-order valence-electron chi connectivity index (χ1n) is 8.08. The van der Waals surface area contributed by atoms with Gasteiger partial charge < -0.3 is 10.1 Å². The minimum atomic E-state index is -0.334. The van der Waals surface area contributed by atoms with Crippen LogP contribution in [0.1, 0.15) is 36.6 Å². The highest BCUT2D eigenvalue weighted by molar-refractivity contribution is 6.21. The maximum Gasteiger partial charge on any atom is 0.261 e. The quantitative estimate of drug-likeness (QED) is 0.641. The number of nitrogens with one attached hydrogen (secondary N) is 1. The number of ether oxygens (including phenoxy) is 1. The molecule has 0 atom stereocenters. The molecule has 0 aromatic heterocycles. The van der Waals surface area contributed by atoms with Gasteiger partial charge >= 0.3 is 0 Å². The number of benzene rings is 2. The van der Waals surface area contributed by atoms with Gasteiger partial charge in [0.25, 0.3) is 17.7 Å². The van der Waals surface area contributed by atoms with Gasteiger partial charge in [-0.15, -0.1) is 6.58 Å². The van der Waals surface area contributed by atoms with Crippen LogP contribution in [0.3, 0.4) is 0 Å². The molecule has 0 bridgehead atoms. The Morgan fingerprint density at radius 1 is 1.15 bits per heavy atom. The van der Waals surface area contributed by atoms with Crippen molar-refractivity contribution in [2.75, 3.05) is 13.7 Å². The molecule has 0 saturated heterocycles. The standard InChI is InChI=1S/C20H18N2O4/c1-3-10-21-18(23)16-11-13(8-9-17(16)26-2)12-22-19(24)14-6-4-5-7-15(14)20(22)25/h3-9,11H,1,10,12H2,2H3,(H,21,23). The molecular weight excluding hydrogens is 332 g/mol. The summed E-state index contributed by atoms with van der Waals surface area (Å²) in [6.07, 6.45) is 1.58. The second-order valence-electron chi connectivity index (χ2n) is 5.78. The molecule has 0 spiro atoms. The van der Waals surface area contributed by atoms with Crippen molar-refractivity contribution < 1.29 is 19.1 Å². The topological polar surface area (TPSA) is 75.7 Å². The molecule has 1 heterocycles. The Morgan fingerprint density at radius 3 is 2.38 bits per heavy atom. The van der Waals surface area contributed by atoms with Gasteiger partial charge in [-0.2, -0.15) is 0 Å². The molecule has 6 nitrogen and oxygen atoms in total. The van der Waals surface area contributed by atoms with Crippen LogP contribution in [0.2, 0.25) is 0 Å². The maximum atomic E-state index is 12.5. The first-order chi connectivity index (χ1) is 12.6. The van der Waals surface area contributed by atoms with Crippen molar-refractivity contribution in [2.45, 2.75) is 6.54 Å². The monoisotopic (exact) mass is 350 g/mol. The molecule has 26 heavy (non-hydrogen) atoms. The van der Waals surface area contributed by atoms with Crippen molar-refractivity contribution in [1.29, 1.82) is 0 Å². The van der Waals surface area contributed by atoms with E-state index in [1.54, 1.807) is 48.5 Å². The zero-order valence-corrected chi connectivity index (χ0v) is 14.3. The Balaban J connectivity index is 1.87. The van der Waals surface area contributed by atoms with Crippen LogP contribution in [0.4, 0.5) is 0 Å². The van der Waals surface area contributed by atoms with E-state index in [2.05, 4.69) is 11.9 Å². The molecule has 0 saturated carbocycles. The summed E-state index contributed by atoms with van der Waals surface area (Å²) in [7, 11) is 1.48. The fraction of sp³-hybridized carbons (Fsp3) is 0.150. The predicted octanol–water partition coefficient (Wildman–Crippen LogP) is 2.41. The molecule has 1 N–H and O–H groups in total. The van der Waals surface area contributed by atoms with E-state index >= 15 is 0 Å². The average Bonchev–Trinajstić information content (AvgIpc) is 2.91. The summed E-state index contributed by atoms with van der Waals surface area (Å²) < 4.78 is 5.23. The molecule has 0 aliphatic carbocycles. The number of hydrogen-bond acceptors (Lipinski definition) is 4. The van der Waals surface area contributed by atoms with Crippen LogP contribution in [0.15, 0.2) is 55.1 Å². The number of methoxy groups -OCH3 is 1. The van der Waals surface area contributed by atoms with Crippen molar-refractivity contribution in [3.8, 4) is 5.75 Å². The van der Waals surface area contributed by atoms with Gasteiger partial charge in [0.1, 0.15) is 5.75 Å². The highest BCUT2D eigenvalue weighted by Crippen LogP contribution is 2.26. The lowest BCUT2D eigenvalue weighted by Crippen LogP contribution is -2.29. The van der Waals surface area contributed by atoms with Crippen LogP contribution in [0.25, 0.3) is 0 Å². The Bertz CT molecular complexity index is 869. The first kappa shape index (κ1) is 17.4. The van der Waals surface area contributed by atoms with Crippen LogP contribution >= 0.6 is 0 Å². The van der Waals surface area contributed by atoms with Crippen LogP contribution in [-0.2, 0) is 6.54 Å². The van der Waals surface area contributed by atoms with Gasteiger partial charge in [0.15, 0.2) is 0 Å². The van der Waals surface area contributed by atoms with E-state index < -0.39 is 0 Å². The zero-order chi connectivity index (χ0) is 18.7. The molecule has 2 aromatic carbocycles. The van der Waals surface area contributed by atoms with Gasteiger partial charge in [0.05, 0.1) is 30.3 Å². The largest absolute Gasteiger partial charge is 0.496 e. The van der Waals surface area contributed by atoms with Gasteiger partial charge in [-0.1, -0.05) is 24.3 Å². The van der Waals surface area contributed by atoms with E-state index in [-0.39, 0.29) is 24.3 Å². The van der Waals surface area contributed by atoms with Crippen LogP contribution in [0, 0.1) is 0 Å². The Kier molecular flexibility index (Phi) is 4.84. The normalized spacial score (nSPS) is 12.7. The average molecular weight is 350 g/mol. The maximum absolute atomic E-state index is 12.5. The SMILES string of the molecule is C=CCNC(=O)c1cc(CN2C(=O)c3ccccc3C2=O)ccc1OC. The second-order valence-corrected chi connectivity index (χ2v) is 5.78. The van der Waals surface area contributed by atoms with Crippen molar-refractivity contribution in [1.82, 2.24) is 10.2 Å². The highest BCUT2D eigenvalue weighted by Gasteiger charge is 2.35.